The van der Waals surface area contributed by atoms with E-state index in [0.717, 1.165) is 12.8 Å². The summed E-state index contributed by atoms with van der Waals surface area (Å²) in [5.41, 5.74) is 3.55. The first-order chi connectivity index (χ1) is 11.4. The first-order valence-corrected chi connectivity index (χ1v) is 7.99. The molecule has 1 atom stereocenters. The lowest BCUT2D eigenvalue weighted by atomic mass is 9.97. The second-order valence-corrected chi connectivity index (χ2v) is 6.38. The van der Waals surface area contributed by atoms with Crippen molar-refractivity contribution in [2.45, 2.75) is 45.2 Å². The third-order valence-corrected chi connectivity index (χ3v) is 4.31. The molecule has 1 aliphatic carbocycles. The average Bonchev–Trinajstić information content (AvgIpc) is 3.14. The summed E-state index contributed by atoms with van der Waals surface area (Å²) in [4.78, 5) is 23.0. The number of carbonyl (C=O) groups excluding carboxylic acids is 1. The molecule has 7 nitrogen and oxygen atoms in total. The number of amides is 1. The van der Waals surface area contributed by atoms with Gasteiger partial charge in [0, 0.05) is 0 Å². The smallest absolute Gasteiger partial charge is 0.358 e. The van der Waals surface area contributed by atoms with Gasteiger partial charge in [-0.1, -0.05) is 37.3 Å². The summed E-state index contributed by atoms with van der Waals surface area (Å²) in [6.45, 7) is 4.25. The molecule has 1 amide bonds. The van der Waals surface area contributed by atoms with Crippen LogP contribution < -0.4 is 5.32 Å². The van der Waals surface area contributed by atoms with Gasteiger partial charge in [0.05, 0.1) is 12.2 Å². The highest BCUT2D eigenvalue weighted by atomic mass is 16.4. The standard InChI is InChI=1S/C17H20N4O3/c1-10(2)12-4-3-11-5-6-14(13(11)7-12)18-16(22)9-21-8-15(17(23)24)19-20-21/h3-4,7-8,10,14H,5-6,9H2,1-2H3,(H,18,22)(H,23,24). The monoisotopic (exact) mass is 328 g/mol. The Balaban J connectivity index is 1.68. The normalized spacial score (nSPS) is 16.2. The Labute approximate surface area is 139 Å². The van der Waals surface area contributed by atoms with Crippen LogP contribution in [0.25, 0.3) is 0 Å². The Morgan fingerprint density at radius 2 is 2.21 bits per heavy atom. The first-order valence-electron chi connectivity index (χ1n) is 7.99. The summed E-state index contributed by atoms with van der Waals surface area (Å²) >= 11 is 0. The van der Waals surface area contributed by atoms with Gasteiger partial charge >= 0.3 is 5.97 Å². The Bertz CT molecular complexity index is 782. The molecular weight excluding hydrogens is 308 g/mol. The summed E-state index contributed by atoms with van der Waals surface area (Å²) in [6, 6.07) is 6.47. The van der Waals surface area contributed by atoms with Gasteiger partial charge in [-0.05, 0) is 35.4 Å². The quantitative estimate of drug-likeness (QED) is 0.874. The van der Waals surface area contributed by atoms with Crippen molar-refractivity contribution >= 4 is 11.9 Å². The largest absolute Gasteiger partial charge is 0.476 e. The van der Waals surface area contributed by atoms with E-state index in [1.165, 1.54) is 27.6 Å². The Morgan fingerprint density at radius 1 is 1.42 bits per heavy atom. The molecule has 1 unspecified atom stereocenters. The number of hydrogen-bond donors (Lipinski definition) is 2. The molecular formula is C17H20N4O3. The summed E-state index contributed by atoms with van der Waals surface area (Å²) in [7, 11) is 0. The SMILES string of the molecule is CC(C)c1ccc2c(c1)C(NC(=O)Cn1cc(C(=O)O)nn1)CC2. The van der Waals surface area contributed by atoms with E-state index in [-0.39, 0.29) is 24.2 Å². The van der Waals surface area contributed by atoms with E-state index in [1.807, 2.05) is 0 Å². The van der Waals surface area contributed by atoms with E-state index in [2.05, 4.69) is 47.7 Å². The second kappa shape index (κ2) is 6.43. The zero-order valence-corrected chi connectivity index (χ0v) is 13.7. The highest BCUT2D eigenvalue weighted by molar-refractivity contribution is 5.84. The van der Waals surface area contributed by atoms with Crippen molar-refractivity contribution in [2.75, 3.05) is 0 Å². The number of benzene rings is 1. The Hall–Kier alpha value is -2.70. The average molecular weight is 328 g/mol. The number of aromatic carboxylic acids is 1. The summed E-state index contributed by atoms with van der Waals surface area (Å²) < 4.78 is 1.24. The molecule has 126 valence electrons. The van der Waals surface area contributed by atoms with E-state index >= 15 is 0 Å². The molecule has 1 heterocycles. The van der Waals surface area contributed by atoms with Crippen LogP contribution in [0.3, 0.4) is 0 Å². The van der Waals surface area contributed by atoms with Crippen molar-refractivity contribution in [3.05, 3.63) is 46.8 Å². The van der Waals surface area contributed by atoms with Gasteiger partial charge in [0.15, 0.2) is 5.69 Å². The van der Waals surface area contributed by atoms with Crippen molar-refractivity contribution in [3.8, 4) is 0 Å². The predicted octanol–water partition coefficient (Wildman–Crippen LogP) is 1.90. The minimum atomic E-state index is -1.16. The number of nitrogens with zero attached hydrogens (tertiary/aromatic N) is 3. The molecule has 0 bridgehead atoms. The van der Waals surface area contributed by atoms with Gasteiger partial charge in [0.2, 0.25) is 5.91 Å². The van der Waals surface area contributed by atoms with Gasteiger partial charge < -0.3 is 10.4 Å². The number of carbonyl (C=O) groups is 2. The topological polar surface area (TPSA) is 97.1 Å². The fraction of sp³-hybridized carbons (Fsp3) is 0.412. The molecule has 0 aliphatic heterocycles. The molecule has 1 aliphatic rings. The Kier molecular flexibility index (Phi) is 4.33. The number of fused-ring (bicyclic) bond motifs is 1. The number of nitrogens with one attached hydrogen (secondary N) is 1. The van der Waals surface area contributed by atoms with E-state index in [1.54, 1.807) is 0 Å². The van der Waals surface area contributed by atoms with Gasteiger partial charge in [0.25, 0.3) is 0 Å². The summed E-state index contributed by atoms with van der Waals surface area (Å²) in [5, 5.41) is 19.0. The number of carboxylic acids is 1. The number of aryl methyl sites for hydroxylation is 1. The molecule has 7 heteroatoms. The van der Waals surface area contributed by atoms with Crippen LogP contribution in [0.5, 0.6) is 0 Å². The summed E-state index contributed by atoms with van der Waals surface area (Å²) in [5.74, 6) is -0.922. The molecule has 0 saturated heterocycles. The second-order valence-electron chi connectivity index (χ2n) is 6.38. The van der Waals surface area contributed by atoms with Crippen LogP contribution >= 0.6 is 0 Å². The van der Waals surface area contributed by atoms with Crippen molar-refractivity contribution in [3.63, 3.8) is 0 Å². The van der Waals surface area contributed by atoms with Gasteiger partial charge in [-0.15, -0.1) is 5.10 Å². The molecule has 0 fully saturated rings. The van der Waals surface area contributed by atoms with Crippen molar-refractivity contribution in [1.29, 1.82) is 0 Å². The van der Waals surface area contributed by atoms with E-state index in [9.17, 15) is 9.59 Å². The molecule has 1 aromatic heterocycles. The fourth-order valence-corrected chi connectivity index (χ4v) is 2.99. The maximum atomic E-state index is 12.2. The zero-order valence-electron chi connectivity index (χ0n) is 13.7. The van der Waals surface area contributed by atoms with Crippen LogP contribution in [0.2, 0.25) is 0 Å². The molecule has 2 N–H and O–H groups in total. The highest BCUT2D eigenvalue weighted by Crippen LogP contribution is 2.33. The number of carboxylic acid groups (broad SMARTS) is 1. The molecule has 2 aromatic rings. The number of rotatable bonds is 5. The molecule has 1 aromatic carbocycles. The van der Waals surface area contributed by atoms with Crippen LogP contribution in [0.1, 0.15) is 59.4 Å². The van der Waals surface area contributed by atoms with Crippen LogP contribution in [-0.2, 0) is 17.8 Å². The maximum Gasteiger partial charge on any atom is 0.358 e. The molecule has 0 saturated carbocycles. The van der Waals surface area contributed by atoms with E-state index in [4.69, 9.17) is 5.11 Å². The maximum absolute atomic E-state index is 12.2. The highest BCUT2D eigenvalue weighted by Gasteiger charge is 2.24. The van der Waals surface area contributed by atoms with Crippen LogP contribution in [0, 0.1) is 0 Å². The van der Waals surface area contributed by atoms with E-state index in [0.29, 0.717) is 5.92 Å². The number of aromatic nitrogens is 3. The fourth-order valence-electron chi connectivity index (χ4n) is 2.99. The van der Waals surface area contributed by atoms with Crippen molar-refractivity contribution < 1.29 is 14.7 Å². The van der Waals surface area contributed by atoms with Gasteiger partial charge in [-0.3, -0.25) is 4.79 Å². The third-order valence-electron chi connectivity index (χ3n) is 4.31. The third kappa shape index (κ3) is 3.29. The predicted molar refractivity (Wildman–Crippen MR) is 86.7 cm³/mol. The summed E-state index contributed by atoms with van der Waals surface area (Å²) in [6.07, 6.45) is 3.08. The lowest BCUT2D eigenvalue weighted by Crippen LogP contribution is -2.30. The van der Waals surface area contributed by atoms with E-state index < -0.39 is 5.97 Å². The molecule has 3 rings (SSSR count). The minimum Gasteiger partial charge on any atom is -0.476 e. The van der Waals surface area contributed by atoms with Crippen LogP contribution in [-0.4, -0.2) is 32.0 Å². The van der Waals surface area contributed by atoms with Crippen LogP contribution in [0.4, 0.5) is 0 Å². The Morgan fingerprint density at radius 3 is 2.88 bits per heavy atom. The molecule has 0 radical (unpaired) electrons. The van der Waals surface area contributed by atoms with Gasteiger partial charge in [-0.2, -0.15) is 0 Å². The molecule has 24 heavy (non-hydrogen) atoms. The van der Waals surface area contributed by atoms with Crippen molar-refractivity contribution in [2.24, 2.45) is 0 Å². The van der Waals surface area contributed by atoms with Gasteiger partial charge in [0.1, 0.15) is 6.54 Å². The van der Waals surface area contributed by atoms with Crippen molar-refractivity contribution in [1.82, 2.24) is 20.3 Å². The minimum absolute atomic E-state index is 0.00587. The molecule has 0 spiro atoms. The van der Waals surface area contributed by atoms with Crippen LogP contribution in [0.15, 0.2) is 24.4 Å². The first kappa shape index (κ1) is 16.2. The lowest BCUT2D eigenvalue weighted by molar-refractivity contribution is -0.122. The zero-order chi connectivity index (χ0) is 17.3. The lowest BCUT2D eigenvalue weighted by Gasteiger charge is -2.16. The number of hydrogen-bond acceptors (Lipinski definition) is 4. The van der Waals surface area contributed by atoms with Gasteiger partial charge in [-0.25, -0.2) is 9.48 Å².